The lowest BCUT2D eigenvalue weighted by atomic mass is 10.1. The van der Waals surface area contributed by atoms with E-state index in [1.807, 2.05) is 0 Å². The van der Waals surface area contributed by atoms with E-state index in [0.717, 1.165) is 4.57 Å². The molecule has 0 aliphatic carbocycles. The molecule has 4 N–H and O–H groups in total. The van der Waals surface area contributed by atoms with Crippen LogP contribution in [0, 0.1) is 13.8 Å². The number of nitrogens with zero attached hydrogens (tertiary/aromatic N) is 1. The molecular weight excluding hydrogens is 256 g/mol. The SMILES string of the molecule is Cc1c(C)n([C@@H]2O[C@H](CO)[C@@H](O)[C@H]2O)c(=O)[nH]c1=O. The van der Waals surface area contributed by atoms with E-state index < -0.39 is 42.4 Å². The molecule has 1 aromatic rings. The van der Waals surface area contributed by atoms with Crippen LogP contribution in [0.3, 0.4) is 0 Å². The number of ether oxygens (including phenoxy) is 1. The van der Waals surface area contributed by atoms with Gasteiger partial charge in [0.15, 0.2) is 6.23 Å². The van der Waals surface area contributed by atoms with Gasteiger partial charge in [-0.1, -0.05) is 0 Å². The van der Waals surface area contributed by atoms with Crippen LogP contribution < -0.4 is 11.2 Å². The molecular formula is C11H16N2O6. The van der Waals surface area contributed by atoms with Crippen molar-refractivity contribution in [1.82, 2.24) is 9.55 Å². The number of hydrogen-bond donors (Lipinski definition) is 4. The summed E-state index contributed by atoms with van der Waals surface area (Å²) in [6.07, 6.45) is -4.78. The summed E-state index contributed by atoms with van der Waals surface area (Å²) in [5.41, 5.74) is -0.589. The number of nitrogens with one attached hydrogen (secondary N) is 1. The number of aliphatic hydroxyl groups is 3. The average Bonchev–Trinajstić information content (AvgIpc) is 2.64. The highest BCUT2D eigenvalue weighted by atomic mass is 16.6. The van der Waals surface area contributed by atoms with Gasteiger partial charge in [-0.25, -0.2) is 4.79 Å². The molecule has 1 aliphatic heterocycles. The van der Waals surface area contributed by atoms with E-state index in [0.29, 0.717) is 11.3 Å². The standard InChI is InChI=1S/C11H16N2O6/c1-4-5(2)13(11(18)12-9(4)17)10-8(16)7(15)6(3-14)19-10/h6-8,10,14-16H,3H2,1-2H3,(H,12,17,18)/t6-,7-,8-,10-/m1/s1. The van der Waals surface area contributed by atoms with Crippen molar-refractivity contribution in [3.8, 4) is 0 Å². The zero-order chi connectivity index (χ0) is 14.3. The molecule has 0 radical (unpaired) electrons. The average molecular weight is 272 g/mol. The number of aromatic amines is 1. The van der Waals surface area contributed by atoms with Gasteiger partial charge in [-0.2, -0.15) is 0 Å². The van der Waals surface area contributed by atoms with Crippen molar-refractivity contribution >= 4 is 0 Å². The van der Waals surface area contributed by atoms with Crippen LogP contribution in [0.1, 0.15) is 17.5 Å². The number of H-pyrrole nitrogens is 1. The molecule has 106 valence electrons. The maximum atomic E-state index is 11.8. The first-order valence-corrected chi connectivity index (χ1v) is 5.83. The Morgan fingerprint density at radius 2 is 1.89 bits per heavy atom. The fourth-order valence-corrected chi connectivity index (χ4v) is 2.15. The summed E-state index contributed by atoms with van der Waals surface area (Å²) in [6, 6.07) is 0. The third kappa shape index (κ3) is 2.12. The monoisotopic (exact) mass is 272 g/mol. The van der Waals surface area contributed by atoms with E-state index in [4.69, 9.17) is 9.84 Å². The van der Waals surface area contributed by atoms with Crippen LogP contribution >= 0.6 is 0 Å². The predicted molar refractivity (Wildman–Crippen MR) is 63.8 cm³/mol. The van der Waals surface area contributed by atoms with Crippen LogP contribution in [-0.2, 0) is 4.74 Å². The third-order valence-electron chi connectivity index (χ3n) is 3.46. The van der Waals surface area contributed by atoms with Crippen LogP contribution in [0.25, 0.3) is 0 Å². The predicted octanol–water partition coefficient (Wildman–Crippen LogP) is -2.24. The van der Waals surface area contributed by atoms with Crippen LogP contribution in [0.15, 0.2) is 9.59 Å². The summed E-state index contributed by atoms with van der Waals surface area (Å²) in [5, 5.41) is 28.6. The number of aromatic nitrogens is 2. The Kier molecular flexibility index (Phi) is 3.59. The molecule has 8 heteroatoms. The largest absolute Gasteiger partial charge is 0.394 e. The Bertz CT molecular complexity index is 592. The molecule has 0 saturated carbocycles. The van der Waals surface area contributed by atoms with Crippen LogP contribution in [0.4, 0.5) is 0 Å². The van der Waals surface area contributed by atoms with E-state index in [1.165, 1.54) is 6.92 Å². The second kappa shape index (κ2) is 4.89. The molecule has 1 aliphatic rings. The number of aliphatic hydroxyl groups excluding tert-OH is 3. The quantitative estimate of drug-likeness (QED) is 0.482. The zero-order valence-corrected chi connectivity index (χ0v) is 10.5. The van der Waals surface area contributed by atoms with Gasteiger partial charge in [-0.15, -0.1) is 0 Å². The minimum Gasteiger partial charge on any atom is -0.394 e. The first-order chi connectivity index (χ1) is 8.88. The fourth-order valence-electron chi connectivity index (χ4n) is 2.15. The van der Waals surface area contributed by atoms with Crippen molar-refractivity contribution in [3.05, 3.63) is 32.1 Å². The maximum absolute atomic E-state index is 11.8. The Labute approximate surface area is 107 Å². The highest BCUT2D eigenvalue weighted by Gasteiger charge is 2.44. The number of hydrogen-bond acceptors (Lipinski definition) is 6. The summed E-state index contributed by atoms with van der Waals surface area (Å²) in [5.74, 6) is 0. The van der Waals surface area contributed by atoms with Gasteiger partial charge in [0.2, 0.25) is 0 Å². The number of rotatable bonds is 2. The summed E-state index contributed by atoms with van der Waals surface area (Å²) in [4.78, 5) is 25.4. The van der Waals surface area contributed by atoms with Crippen molar-refractivity contribution in [2.24, 2.45) is 0 Å². The molecule has 1 aromatic heterocycles. The van der Waals surface area contributed by atoms with Crippen LogP contribution in [0.5, 0.6) is 0 Å². The molecule has 0 spiro atoms. The van der Waals surface area contributed by atoms with E-state index in [9.17, 15) is 19.8 Å². The van der Waals surface area contributed by atoms with Gasteiger partial charge in [-0.05, 0) is 13.8 Å². The normalized spacial score (nSPS) is 30.8. The van der Waals surface area contributed by atoms with E-state index in [-0.39, 0.29) is 0 Å². The Balaban J connectivity index is 2.52. The van der Waals surface area contributed by atoms with Gasteiger partial charge < -0.3 is 20.1 Å². The second-order valence-electron chi connectivity index (χ2n) is 4.57. The summed E-state index contributed by atoms with van der Waals surface area (Å²) in [7, 11) is 0. The topological polar surface area (TPSA) is 125 Å². The van der Waals surface area contributed by atoms with Crippen molar-refractivity contribution in [1.29, 1.82) is 0 Å². The van der Waals surface area contributed by atoms with Gasteiger partial charge >= 0.3 is 5.69 Å². The van der Waals surface area contributed by atoms with E-state index in [1.54, 1.807) is 6.92 Å². The molecule has 4 atom stereocenters. The fraction of sp³-hybridized carbons (Fsp3) is 0.636. The molecule has 0 aromatic carbocycles. The first-order valence-electron chi connectivity index (χ1n) is 5.83. The summed E-state index contributed by atoms with van der Waals surface area (Å²) >= 11 is 0. The smallest absolute Gasteiger partial charge is 0.330 e. The van der Waals surface area contributed by atoms with Gasteiger partial charge in [0.25, 0.3) is 5.56 Å². The molecule has 0 unspecified atom stereocenters. The lowest BCUT2D eigenvalue weighted by Gasteiger charge is -2.20. The Hall–Kier alpha value is -1.48. The minimum atomic E-state index is -1.36. The second-order valence-corrected chi connectivity index (χ2v) is 4.57. The molecule has 19 heavy (non-hydrogen) atoms. The van der Waals surface area contributed by atoms with Crippen molar-refractivity contribution in [2.45, 2.75) is 38.4 Å². The van der Waals surface area contributed by atoms with E-state index in [2.05, 4.69) is 4.98 Å². The van der Waals surface area contributed by atoms with Crippen molar-refractivity contribution < 1.29 is 20.1 Å². The Morgan fingerprint density at radius 1 is 1.26 bits per heavy atom. The van der Waals surface area contributed by atoms with Gasteiger partial charge in [0.1, 0.15) is 18.3 Å². The molecule has 2 heterocycles. The lowest BCUT2D eigenvalue weighted by Crippen LogP contribution is -2.40. The van der Waals surface area contributed by atoms with Crippen molar-refractivity contribution in [3.63, 3.8) is 0 Å². The highest BCUT2D eigenvalue weighted by Crippen LogP contribution is 2.28. The summed E-state index contributed by atoms with van der Waals surface area (Å²) in [6.45, 7) is 2.59. The zero-order valence-electron chi connectivity index (χ0n) is 10.5. The first kappa shape index (κ1) is 13.9. The molecule has 1 fully saturated rings. The Morgan fingerprint density at radius 3 is 2.42 bits per heavy atom. The van der Waals surface area contributed by atoms with Gasteiger partial charge in [-0.3, -0.25) is 14.3 Å². The van der Waals surface area contributed by atoms with Gasteiger partial charge in [0.05, 0.1) is 6.61 Å². The molecule has 2 rings (SSSR count). The summed E-state index contributed by atoms with van der Waals surface area (Å²) < 4.78 is 6.34. The van der Waals surface area contributed by atoms with E-state index >= 15 is 0 Å². The lowest BCUT2D eigenvalue weighted by molar-refractivity contribution is -0.0560. The van der Waals surface area contributed by atoms with Crippen LogP contribution in [0.2, 0.25) is 0 Å². The van der Waals surface area contributed by atoms with Gasteiger partial charge in [0, 0.05) is 11.3 Å². The van der Waals surface area contributed by atoms with Crippen LogP contribution in [-0.4, -0.2) is 49.8 Å². The van der Waals surface area contributed by atoms with Crippen molar-refractivity contribution in [2.75, 3.05) is 6.61 Å². The molecule has 0 amide bonds. The highest BCUT2D eigenvalue weighted by molar-refractivity contribution is 5.15. The molecule has 0 bridgehead atoms. The third-order valence-corrected chi connectivity index (χ3v) is 3.46. The molecule has 8 nitrogen and oxygen atoms in total. The maximum Gasteiger partial charge on any atom is 0.330 e. The molecule has 1 saturated heterocycles. The minimum absolute atomic E-state index is 0.317.